The van der Waals surface area contributed by atoms with E-state index < -0.39 is 0 Å². The zero-order valence-corrected chi connectivity index (χ0v) is 28.7. The molecule has 6 nitrogen and oxygen atoms in total. The number of hydrogen-bond donors (Lipinski definition) is 1. The Kier molecular flexibility index (Phi) is 7.08. The number of H-pyrrole nitrogens is 1. The summed E-state index contributed by atoms with van der Waals surface area (Å²) in [5, 5.41) is 9.52. The van der Waals surface area contributed by atoms with Gasteiger partial charge in [0.15, 0.2) is 5.78 Å². The molecule has 218 valence electrons. The van der Waals surface area contributed by atoms with Crippen LogP contribution >= 0.6 is 0 Å². The minimum absolute atomic E-state index is 0.0762. The molecule has 44 heavy (non-hydrogen) atoms. The van der Waals surface area contributed by atoms with Gasteiger partial charge in [0, 0.05) is 63.2 Å². The molecule has 0 unspecified atom stereocenters. The van der Waals surface area contributed by atoms with Crippen LogP contribution in [-0.4, -0.2) is 119 Å². The third-order valence-corrected chi connectivity index (χ3v) is 12.1. The average molecular weight is 577 g/mol. The fraction of sp³-hybridized carbons (Fsp3) is 0.467. The zero-order chi connectivity index (χ0) is 32.2. The SMILES string of the molecule is BC1(B)OC(B)(B)C(B)(B)N(C2CCN(c3cc4c(cc3CC)C(=O)c3c([nH]c5cc(C#N)ccc35)C4(C)C)CC2)C1(B)B. The maximum Gasteiger partial charge on any atom is 0.195 e. The van der Waals surface area contributed by atoms with E-state index >= 15 is 0 Å². The summed E-state index contributed by atoms with van der Waals surface area (Å²) < 4.78 is 6.77. The topological polar surface area (TPSA) is 72.4 Å². The number of ketones is 1. The summed E-state index contributed by atoms with van der Waals surface area (Å²) in [5.74, 6) is 0.0762. The van der Waals surface area contributed by atoms with Gasteiger partial charge in [-0.1, -0.05) is 26.8 Å². The maximum absolute atomic E-state index is 14.1. The molecule has 1 N–H and O–H groups in total. The van der Waals surface area contributed by atoms with Crippen LogP contribution in [0.25, 0.3) is 10.9 Å². The summed E-state index contributed by atoms with van der Waals surface area (Å²) in [6.45, 7) is 8.57. The normalized spacial score (nSPS) is 23.5. The number of piperidine rings is 1. The third-order valence-electron chi connectivity index (χ3n) is 12.1. The van der Waals surface area contributed by atoms with Gasteiger partial charge in [-0.05, 0) is 65.3 Å². The monoisotopic (exact) mass is 578 g/mol. The van der Waals surface area contributed by atoms with Gasteiger partial charge in [0.1, 0.15) is 62.8 Å². The molecule has 1 aromatic heterocycles. The number of fused-ring (bicyclic) bond motifs is 4. The number of carbonyl (C=O) groups is 1. The molecule has 2 aromatic carbocycles. The number of benzene rings is 2. The largest absolute Gasteiger partial charge is 0.403 e. The zero-order valence-electron chi connectivity index (χ0n) is 28.7. The second-order valence-corrected chi connectivity index (χ2v) is 15.9. The van der Waals surface area contributed by atoms with E-state index in [9.17, 15) is 10.1 Å². The summed E-state index contributed by atoms with van der Waals surface area (Å²) in [5.41, 5.74) is 7.13. The van der Waals surface area contributed by atoms with Crippen molar-refractivity contribution in [3.8, 4) is 6.07 Å². The molecule has 2 fully saturated rings. The van der Waals surface area contributed by atoms with Crippen LogP contribution in [0.1, 0.15) is 71.9 Å². The lowest BCUT2D eigenvalue weighted by Crippen LogP contribution is -2.87. The van der Waals surface area contributed by atoms with Gasteiger partial charge in [-0.25, -0.2) is 0 Å². The lowest BCUT2D eigenvalue weighted by Gasteiger charge is -2.71. The fourth-order valence-electron chi connectivity index (χ4n) is 8.60. The van der Waals surface area contributed by atoms with Gasteiger partial charge in [0.05, 0.1) is 17.2 Å². The van der Waals surface area contributed by atoms with Crippen molar-refractivity contribution in [3.63, 3.8) is 0 Å². The molecule has 0 saturated carbocycles. The molecular formula is C30H42B8N4O2. The Hall–Kier alpha value is -2.62. The van der Waals surface area contributed by atoms with Crippen LogP contribution in [0.5, 0.6) is 0 Å². The molecular weight excluding hydrogens is 535 g/mol. The highest BCUT2D eigenvalue weighted by Crippen LogP contribution is 2.47. The minimum Gasteiger partial charge on any atom is -0.403 e. The minimum atomic E-state index is -0.386. The van der Waals surface area contributed by atoms with Gasteiger partial charge < -0.3 is 19.5 Å². The Bertz CT molecular complexity index is 1710. The molecule has 0 radical (unpaired) electrons. The van der Waals surface area contributed by atoms with Crippen LogP contribution in [0.3, 0.4) is 0 Å². The highest BCUT2D eigenvalue weighted by Gasteiger charge is 2.60. The van der Waals surface area contributed by atoms with Gasteiger partial charge in [-0.15, -0.1) is 0 Å². The molecule has 0 bridgehead atoms. The number of morpholine rings is 1. The summed E-state index contributed by atoms with van der Waals surface area (Å²) in [6.07, 6.45) is 3.03. The van der Waals surface area contributed by atoms with Crippen molar-refractivity contribution in [1.82, 2.24) is 9.88 Å². The van der Waals surface area contributed by atoms with Crippen molar-refractivity contribution in [2.24, 2.45) is 0 Å². The molecule has 2 saturated heterocycles. The predicted molar refractivity (Wildman–Crippen MR) is 202 cm³/mol. The third kappa shape index (κ3) is 4.28. The lowest BCUT2D eigenvalue weighted by atomic mass is 9.30. The first-order valence-corrected chi connectivity index (χ1v) is 16.4. The van der Waals surface area contributed by atoms with Crippen molar-refractivity contribution in [2.45, 2.75) is 73.0 Å². The molecule has 3 aliphatic rings. The number of nitriles is 1. The molecule has 6 rings (SSSR count). The fourth-order valence-corrected chi connectivity index (χ4v) is 8.60. The van der Waals surface area contributed by atoms with E-state index in [1.54, 1.807) is 6.07 Å². The van der Waals surface area contributed by atoms with Gasteiger partial charge in [0.2, 0.25) is 0 Å². The quantitative estimate of drug-likeness (QED) is 0.327. The second-order valence-electron chi connectivity index (χ2n) is 15.9. The molecule has 0 atom stereocenters. The number of rotatable bonds is 3. The summed E-state index contributed by atoms with van der Waals surface area (Å²) >= 11 is 0. The number of anilines is 1. The predicted octanol–water partition coefficient (Wildman–Crippen LogP) is -3.55. The van der Waals surface area contributed by atoms with Crippen LogP contribution in [0.4, 0.5) is 5.69 Å². The standard InChI is InChI=1S/C30H42B8N4O2/c1-4-16-12-19-20(26(2,3)25-23(24(19)43)18-6-5-15(14-39)11-21(18)40-25)13-22(16)41-9-7-17(8-10-41)42-27(31,32)29(35,36)44-30(37,38)28(42,33)34/h5-6,11-13,17,40H,4,7-10,31-38H2,1-3H3. The highest BCUT2D eigenvalue weighted by molar-refractivity contribution is 6.59. The van der Waals surface area contributed by atoms with Crippen molar-refractivity contribution < 1.29 is 9.53 Å². The van der Waals surface area contributed by atoms with Crippen molar-refractivity contribution in [1.29, 1.82) is 5.26 Å². The van der Waals surface area contributed by atoms with E-state index in [0.717, 1.165) is 65.6 Å². The first kappa shape index (κ1) is 31.4. The van der Waals surface area contributed by atoms with Gasteiger partial charge >= 0.3 is 0 Å². The molecule has 3 aromatic rings. The van der Waals surface area contributed by atoms with Crippen LogP contribution in [0.15, 0.2) is 30.3 Å². The van der Waals surface area contributed by atoms with Crippen molar-refractivity contribution in [2.75, 3.05) is 18.0 Å². The average Bonchev–Trinajstić information content (AvgIpc) is 3.34. The summed E-state index contributed by atoms with van der Waals surface area (Å²) in [7, 11) is 18.4. The Morgan fingerprint density at radius 3 is 2.16 bits per heavy atom. The number of nitrogens with zero attached hydrogens (tertiary/aromatic N) is 3. The van der Waals surface area contributed by atoms with Gasteiger partial charge in [-0.3, -0.25) is 4.79 Å². The number of nitrogens with one attached hydrogen (secondary N) is 1. The van der Waals surface area contributed by atoms with Crippen molar-refractivity contribution >= 4 is 85.1 Å². The Balaban J connectivity index is 1.35. The number of carbonyl (C=O) groups excluding carboxylic acids is 1. The molecule has 0 spiro atoms. The Labute approximate surface area is 270 Å². The number of aromatic nitrogens is 1. The number of ether oxygens (including phenoxy) is 1. The summed E-state index contributed by atoms with van der Waals surface area (Å²) in [4.78, 5) is 23.0. The lowest BCUT2D eigenvalue weighted by molar-refractivity contribution is -0.128. The van der Waals surface area contributed by atoms with E-state index in [2.05, 4.69) is 117 Å². The van der Waals surface area contributed by atoms with E-state index in [0.29, 0.717) is 11.6 Å². The highest BCUT2D eigenvalue weighted by atomic mass is 16.5. The number of hydrogen-bond acceptors (Lipinski definition) is 5. The smallest absolute Gasteiger partial charge is 0.195 e. The van der Waals surface area contributed by atoms with Gasteiger partial charge in [0.25, 0.3) is 0 Å². The molecule has 14 heteroatoms. The van der Waals surface area contributed by atoms with E-state index in [4.69, 9.17) is 4.74 Å². The number of aryl methyl sites for hydroxylation is 1. The van der Waals surface area contributed by atoms with Crippen LogP contribution in [-0.2, 0) is 16.6 Å². The first-order valence-electron chi connectivity index (χ1n) is 16.4. The maximum atomic E-state index is 14.1. The van der Waals surface area contributed by atoms with E-state index in [1.165, 1.54) is 11.3 Å². The van der Waals surface area contributed by atoms with Crippen LogP contribution < -0.4 is 4.90 Å². The van der Waals surface area contributed by atoms with Crippen molar-refractivity contribution in [3.05, 3.63) is 63.8 Å². The van der Waals surface area contributed by atoms with E-state index in [-0.39, 0.29) is 32.7 Å². The molecule has 1 aliphatic carbocycles. The molecule has 0 amide bonds. The Morgan fingerprint density at radius 1 is 0.977 bits per heavy atom. The van der Waals surface area contributed by atoms with E-state index in [1.807, 2.05) is 12.1 Å². The first-order chi connectivity index (χ1) is 20.4. The second kappa shape index (κ2) is 9.94. The van der Waals surface area contributed by atoms with Crippen LogP contribution in [0, 0.1) is 11.3 Å². The van der Waals surface area contributed by atoms with Gasteiger partial charge in [-0.2, -0.15) is 5.26 Å². The van der Waals surface area contributed by atoms with Crippen LogP contribution in [0.2, 0.25) is 0 Å². The summed E-state index contributed by atoms with van der Waals surface area (Å²) in [6, 6.07) is 12.7. The molecule has 2 aliphatic heterocycles. The number of aromatic amines is 1. The Morgan fingerprint density at radius 2 is 1.59 bits per heavy atom. The molecule has 3 heterocycles.